The van der Waals surface area contributed by atoms with Gasteiger partial charge in [0.2, 0.25) is 0 Å². The van der Waals surface area contributed by atoms with Crippen LogP contribution in [0.25, 0.3) is 0 Å². The molecule has 0 unspecified atom stereocenters. The Morgan fingerprint density at radius 2 is 2.29 bits per heavy atom. The van der Waals surface area contributed by atoms with E-state index in [1.165, 1.54) is 0 Å². The van der Waals surface area contributed by atoms with Crippen molar-refractivity contribution < 1.29 is 23.6 Å². The third kappa shape index (κ3) is 1.65. The quantitative estimate of drug-likeness (QED) is 0.585. The Labute approximate surface area is 74.7 Å². The molecule has 1 aromatic heterocycles. The maximum Gasteiger partial charge on any atom is 0.404 e. The molecule has 9 heteroatoms. The Bertz CT molecular complexity index is 357. The summed E-state index contributed by atoms with van der Waals surface area (Å²) in [4.78, 5) is 19.4. The standard InChI is InChI=1S/C5H3F2N3O4/c6-5(7)9-1-2(4(11)12)3(8-9)10(13)14/h1,5H,(H,11,12). The summed E-state index contributed by atoms with van der Waals surface area (Å²) in [5, 5.41) is 21.4. The minimum atomic E-state index is -3.11. The van der Waals surface area contributed by atoms with Crippen LogP contribution < -0.4 is 0 Å². The molecule has 0 saturated carbocycles. The first-order valence-corrected chi connectivity index (χ1v) is 3.18. The van der Waals surface area contributed by atoms with E-state index in [4.69, 9.17) is 5.11 Å². The van der Waals surface area contributed by atoms with Gasteiger partial charge in [-0.2, -0.15) is 8.78 Å². The molecule has 0 bridgehead atoms. The molecule has 0 aliphatic heterocycles. The van der Waals surface area contributed by atoms with E-state index in [-0.39, 0.29) is 4.68 Å². The summed E-state index contributed by atoms with van der Waals surface area (Å²) in [6.45, 7) is -3.11. The lowest BCUT2D eigenvalue weighted by Gasteiger charge is -1.88. The molecule has 0 aromatic carbocycles. The molecule has 0 fully saturated rings. The minimum absolute atomic E-state index is 0.0818. The summed E-state index contributed by atoms with van der Waals surface area (Å²) < 4.78 is 23.9. The fourth-order valence-corrected chi connectivity index (χ4v) is 0.768. The summed E-state index contributed by atoms with van der Waals surface area (Å²) in [6.07, 6.45) is 0.408. The number of alkyl halides is 2. The van der Waals surface area contributed by atoms with Gasteiger partial charge in [0.15, 0.2) is 5.56 Å². The van der Waals surface area contributed by atoms with E-state index in [2.05, 4.69) is 5.10 Å². The van der Waals surface area contributed by atoms with Crippen LogP contribution >= 0.6 is 0 Å². The van der Waals surface area contributed by atoms with Crippen LogP contribution in [0.5, 0.6) is 0 Å². The van der Waals surface area contributed by atoms with Crippen molar-refractivity contribution in [3.05, 3.63) is 21.9 Å². The number of carboxylic acid groups (broad SMARTS) is 1. The number of nitro groups is 1. The maximum absolute atomic E-state index is 12.0. The van der Waals surface area contributed by atoms with Crippen LogP contribution in [0.15, 0.2) is 6.20 Å². The largest absolute Gasteiger partial charge is 0.477 e. The zero-order valence-corrected chi connectivity index (χ0v) is 6.42. The normalized spacial score (nSPS) is 10.5. The first-order valence-electron chi connectivity index (χ1n) is 3.18. The predicted molar refractivity (Wildman–Crippen MR) is 37.1 cm³/mol. The Hall–Kier alpha value is -2.06. The fraction of sp³-hybridized carbons (Fsp3) is 0.200. The van der Waals surface area contributed by atoms with E-state index < -0.39 is 28.8 Å². The van der Waals surface area contributed by atoms with E-state index in [0.29, 0.717) is 6.20 Å². The van der Waals surface area contributed by atoms with Crippen LogP contribution in [0.4, 0.5) is 14.6 Å². The molecule has 0 radical (unpaired) electrons. The number of aromatic nitrogens is 2. The second-order valence-corrected chi connectivity index (χ2v) is 2.19. The van der Waals surface area contributed by atoms with Gasteiger partial charge < -0.3 is 15.2 Å². The van der Waals surface area contributed by atoms with Gasteiger partial charge in [-0.25, -0.2) is 4.79 Å². The van der Waals surface area contributed by atoms with E-state index in [9.17, 15) is 23.7 Å². The summed E-state index contributed by atoms with van der Waals surface area (Å²) in [6, 6.07) is 0. The molecule has 1 heterocycles. The molecule has 1 rings (SSSR count). The van der Waals surface area contributed by atoms with Crippen LogP contribution in [-0.4, -0.2) is 25.8 Å². The number of carbonyl (C=O) groups is 1. The van der Waals surface area contributed by atoms with Gasteiger partial charge in [-0.3, -0.25) is 0 Å². The fourth-order valence-electron chi connectivity index (χ4n) is 0.768. The van der Waals surface area contributed by atoms with Crippen molar-refractivity contribution in [2.24, 2.45) is 0 Å². The van der Waals surface area contributed by atoms with Crippen molar-refractivity contribution in [3.63, 3.8) is 0 Å². The zero-order valence-electron chi connectivity index (χ0n) is 6.42. The average molecular weight is 207 g/mol. The second kappa shape index (κ2) is 3.36. The third-order valence-electron chi connectivity index (χ3n) is 1.32. The lowest BCUT2D eigenvalue weighted by molar-refractivity contribution is -0.390. The monoisotopic (exact) mass is 207 g/mol. The molecule has 0 amide bonds. The molecule has 76 valence electrons. The van der Waals surface area contributed by atoms with Crippen LogP contribution in [0.2, 0.25) is 0 Å². The molecule has 0 aliphatic carbocycles. The van der Waals surface area contributed by atoms with Gasteiger partial charge in [-0.15, -0.1) is 4.68 Å². The molecule has 1 aromatic rings. The number of nitrogens with zero attached hydrogens (tertiary/aromatic N) is 3. The Morgan fingerprint density at radius 1 is 1.71 bits per heavy atom. The topological polar surface area (TPSA) is 98.3 Å². The number of hydrogen-bond acceptors (Lipinski definition) is 4. The van der Waals surface area contributed by atoms with Crippen LogP contribution in [-0.2, 0) is 0 Å². The predicted octanol–water partition coefficient (Wildman–Crippen LogP) is 0.885. The number of hydrogen-bond donors (Lipinski definition) is 1. The molecule has 7 nitrogen and oxygen atoms in total. The smallest absolute Gasteiger partial charge is 0.404 e. The number of rotatable bonds is 3. The highest BCUT2D eigenvalue weighted by atomic mass is 19.3. The SMILES string of the molecule is O=C(O)c1cn(C(F)F)nc1[N+](=O)[O-]. The summed E-state index contributed by atoms with van der Waals surface area (Å²) in [7, 11) is 0. The van der Waals surface area contributed by atoms with Crippen LogP contribution in [0.1, 0.15) is 16.9 Å². The van der Waals surface area contributed by atoms with E-state index in [1.807, 2.05) is 0 Å². The first kappa shape index (κ1) is 10.0. The molecular weight excluding hydrogens is 204 g/mol. The maximum atomic E-state index is 12.0. The van der Waals surface area contributed by atoms with Gasteiger partial charge in [0, 0.05) is 0 Å². The highest BCUT2D eigenvalue weighted by Crippen LogP contribution is 2.19. The molecule has 0 aliphatic rings. The summed E-state index contributed by atoms with van der Waals surface area (Å²) >= 11 is 0. The minimum Gasteiger partial charge on any atom is -0.477 e. The number of halogens is 2. The van der Waals surface area contributed by atoms with Crippen molar-refractivity contribution >= 4 is 11.8 Å². The van der Waals surface area contributed by atoms with Gasteiger partial charge >= 0.3 is 18.3 Å². The van der Waals surface area contributed by atoms with Crippen molar-refractivity contribution in [2.45, 2.75) is 6.55 Å². The lowest BCUT2D eigenvalue weighted by Crippen LogP contribution is -2.00. The Kier molecular flexibility index (Phi) is 2.40. The van der Waals surface area contributed by atoms with Gasteiger partial charge in [-0.1, -0.05) is 0 Å². The Balaban J connectivity index is 3.26. The molecule has 0 atom stereocenters. The van der Waals surface area contributed by atoms with E-state index in [0.717, 1.165) is 0 Å². The van der Waals surface area contributed by atoms with Gasteiger partial charge in [0.1, 0.15) is 0 Å². The highest BCUT2D eigenvalue weighted by molar-refractivity contribution is 5.91. The van der Waals surface area contributed by atoms with E-state index >= 15 is 0 Å². The molecular formula is C5H3F2N3O4. The third-order valence-corrected chi connectivity index (χ3v) is 1.32. The van der Waals surface area contributed by atoms with Crippen molar-refractivity contribution in [3.8, 4) is 0 Å². The van der Waals surface area contributed by atoms with Gasteiger partial charge in [-0.05, 0) is 4.92 Å². The van der Waals surface area contributed by atoms with Gasteiger partial charge in [0.25, 0.3) is 0 Å². The second-order valence-electron chi connectivity index (χ2n) is 2.19. The highest BCUT2D eigenvalue weighted by Gasteiger charge is 2.28. The number of carboxylic acids is 1. The number of aromatic carboxylic acids is 1. The summed E-state index contributed by atoms with van der Waals surface area (Å²) in [5.41, 5.74) is -0.865. The van der Waals surface area contributed by atoms with Crippen molar-refractivity contribution in [1.82, 2.24) is 9.78 Å². The lowest BCUT2D eigenvalue weighted by atomic mass is 10.3. The molecule has 1 N–H and O–H groups in total. The summed E-state index contributed by atoms with van der Waals surface area (Å²) in [5.74, 6) is -2.78. The molecule has 0 spiro atoms. The van der Waals surface area contributed by atoms with Crippen LogP contribution in [0, 0.1) is 10.1 Å². The van der Waals surface area contributed by atoms with Crippen LogP contribution in [0.3, 0.4) is 0 Å². The van der Waals surface area contributed by atoms with Gasteiger partial charge in [0.05, 0.1) is 11.3 Å². The zero-order chi connectivity index (χ0) is 10.9. The first-order chi connectivity index (χ1) is 6.43. The van der Waals surface area contributed by atoms with Crippen molar-refractivity contribution in [2.75, 3.05) is 0 Å². The van der Waals surface area contributed by atoms with Crippen molar-refractivity contribution in [1.29, 1.82) is 0 Å². The molecule has 14 heavy (non-hydrogen) atoms. The Morgan fingerprint density at radius 3 is 2.57 bits per heavy atom. The van der Waals surface area contributed by atoms with E-state index in [1.54, 1.807) is 0 Å². The average Bonchev–Trinajstić information content (AvgIpc) is 2.47. The molecule has 0 saturated heterocycles.